The lowest BCUT2D eigenvalue weighted by Gasteiger charge is -2.03. The summed E-state index contributed by atoms with van der Waals surface area (Å²) < 4.78 is 1.97. The van der Waals surface area contributed by atoms with Gasteiger partial charge in [-0.15, -0.1) is 0 Å². The number of hydrogen-bond donors (Lipinski definition) is 0. The molecule has 1 aromatic rings. The van der Waals surface area contributed by atoms with Crippen LogP contribution in [0.4, 0.5) is 0 Å². The van der Waals surface area contributed by atoms with Gasteiger partial charge < -0.3 is 0 Å². The molecule has 13 heavy (non-hydrogen) atoms. The molecule has 1 rings (SSSR count). The van der Waals surface area contributed by atoms with Crippen molar-refractivity contribution in [2.24, 2.45) is 0 Å². The molecule has 0 aliphatic rings. The second-order valence-electron chi connectivity index (χ2n) is 2.30. The van der Waals surface area contributed by atoms with E-state index < -0.39 is 0 Å². The number of halogens is 3. The van der Waals surface area contributed by atoms with E-state index in [1.807, 2.05) is 0 Å². The maximum Gasteiger partial charge on any atom is 0.273 e. The number of aromatic nitrogens is 2. The first-order valence-electron chi connectivity index (χ1n) is 3.26. The summed E-state index contributed by atoms with van der Waals surface area (Å²) in [7, 11) is 0. The fraction of sp³-hybridized carbons (Fsp3) is 0.143. The zero-order valence-corrected chi connectivity index (χ0v) is 9.53. The molecule has 0 unspecified atom stereocenters. The molecule has 0 atom stereocenters. The number of nitrogens with zero attached hydrogens (tertiary/aromatic N) is 2. The van der Waals surface area contributed by atoms with E-state index in [9.17, 15) is 4.79 Å². The maximum atomic E-state index is 11.4. The zero-order valence-electron chi connectivity index (χ0n) is 6.43. The van der Waals surface area contributed by atoms with Crippen molar-refractivity contribution in [3.05, 3.63) is 37.9 Å². The quantitative estimate of drug-likeness (QED) is 0.782. The van der Waals surface area contributed by atoms with E-state index >= 15 is 0 Å². The molecule has 0 saturated carbocycles. The molecule has 0 aliphatic heterocycles. The number of rotatable bonds is 2. The molecule has 0 aromatic carbocycles. The largest absolute Gasteiger partial charge is 0.293 e. The second-order valence-corrected chi connectivity index (χ2v) is 4.16. The smallest absolute Gasteiger partial charge is 0.273 e. The van der Waals surface area contributed by atoms with E-state index in [-0.39, 0.29) is 15.7 Å². The molecule has 0 amide bonds. The SMILES string of the molecule is C=C(Br)Cn1cnc(Cl)c(Cl)c1=O. The lowest BCUT2D eigenvalue weighted by atomic mass is 10.5. The summed E-state index contributed by atoms with van der Waals surface area (Å²) in [6.45, 7) is 3.92. The fourth-order valence-electron chi connectivity index (χ4n) is 0.741. The van der Waals surface area contributed by atoms with Crippen LogP contribution < -0.4 is 5.56 Å². The molecule has 3 nitrogen and oxygen atoms in total. The van der Waals surface area contributed by atoms with Crippen molar-refractivity contribution in [2.75, 3.05) is 0 Å². The molecular weight excluding hydrogens is 279 g/mol. The van der Waals surface area contributed by atoms with Crippen LogP contribution in [0.1, 0.15) is 0 Å². The molecule has 0 aliphatic carbocycles. The highest BCUT2D eigenvalue weighted by Crippen LogP contribution is 2.13. The third-order valence-electron chi connectivity index (χ3n) is 1.28. The molecular formula is C7H5BrCl2N2O. The molecule has 0 saturated heterocycles. The van der Waals surface area contributed by atoms with Crippen molar-refractivity contribution in [1.82, 2.24) is 9.55 Å². The predicted molar refractivity (Wildman–Crippen MR) is 56.6 cm³/mol. The van der Waals surface area contributed by atoms with Crippen molar-refractivity contribution >= 4 is 39.1 Å². The van der Waals surface area contributed by atoms with Crippen LogP contribution in [-0.2, 0) is 6.54 Å². The number of hydrogen-bond acceptors (Lipinski definition) is 2. The van der Waals surface area contributed by atoms with Gasteiger partial charge in [0.25, 0.3) is 5.56 Å². The van der Waals surface area contributed by atoms with Gasteiger partial charge in [0.15, 0.2) is 5.15 Å². The Morgan fingerprint density at radius 1 is 1.69 bits per heavy atom. The minimum Gasteiger partial charge on any atom is -0.293 e. The van der Waals surface area contributed by atoms with Crippen LogP contribution in [0.15, 0.2) is 22.2 Å². The van der Waals surface area contributed by atoms with E-state index in [2.05, 4.69) is 27.5 Å². The minimum atomic E-state index is -0.373. The van der Waals surface area contributed by atoms with Gasteiger partial charge in [0.2, 0.25) is 0 Å². The Balaban J connectivity index is 3.19. The zero-order chi connectivity index (χ0) is 10.0. The highest BCUT2D eigenvalue weighted by molar-refractivity contribution is 9.11. The van der Waals surface area contributed by atoms with E-state index in [1.54, 1.807) is 0 Å². The van der Waals surface area contributed by atoms with Crippen LogP contribution in [0.25, 0.3) is 0 Å². The second kappa shape index (κ2) is 4.26. The van der Waals surface area contributed by atoms with Crippen LogP contribution in [0, 0.1) is 0 Å². The van der Waals surface area contributed by atoms with Gasteiger partial charge >= 0.3 is 0 Å². The Bertz CT molecular complexity index is 402. The van der Waals surface area contributed by atoms with Crippen molar-refractivity contribution in [2.45, 2.75) is 6.54 Å². The van der Waals surface area contributed by atoms with E-state index in [4.69, 9.17) is 23.2 Å². The summed E-state index contributed by atoms with van der Waals surface area (Å²) in [4.78, 5) is 15.1. The summed E-state index contributed by atoms with van der Waals surface area (Å²) in [6, 6.07) is 0. The van der Waals surface area contributed by atoms with E-state index in [1.165, 1.54) is 10.9 Å². The predicted octanol–water partition coefficient (Wildman–Crippen LogP) is 2.46. The van der Waals surface area contributed by atoms with Crippen LogP contribution in [0.2, 0.25) is 10.2 Å². The first kappa shape index (κ1) is 10.8. The summed E-state index contributed by atoms with van der Waals surface area (Å²) in [5.74, 6) is 0. The Morgan fingerprint density at radius 2 is 2.31 bits per heavy atom. The molecule has 0 bridgehead atoms. The molecule has 6 heteroatoms. The Kier molecular flexibility index (Phi) is 3.53. The lowest BCUT2D eigenvalue weighted by molar-refractivity contribution is 0.750. The standard InChI is InChI=1S/C7H5BrCl2N2O/c1-4(8)2-12-3-11-6(10)5(9)7(12)13/h3H,1-2H2. The molecule has 1 heterocycles. The highest BCUT2D eigenvalue weighted by Gasteiger charge is 2.06. The van der Waals surface area contributed by atoms with Gasteiger partial charge in [0.1, 0.15) is 5.02 Å². The summed E-state index contributed by atoms with van der Waals surface area (Å²) >= 11 is 14.3. The third kappa shape index (κ3) is 2.56. The third-order valence-corrected chi connectivity index (χ3v) is 2.26. The average Bonchev–Trinajstić information content (AvgIpc) is 2.06. The average molecular weight is 284 g/mol. The van der Waals surface area contributed by atoms with E-state index in [0.717, 1.165) is 0 Å². The first-order chi connectivity index (χ1) is 6.02. The van der Waals surface area contributed by atoms with Crippen LogP contribution >= 0.6 is 39.1 Å². The van der Waals surface area contributed by atoms with Crippen molar-refractivity contribution < 1.29 is 0 Å². The monoisotopic (exact) mass is 282 g/mol. The van der Waals surface area contributed by atoms with Gasteiger partial charge in [0.05, 0.1) is 12.9 Å². The van der Waals surface area contributed by atoms with Crippen LogP contribution in [0.5, 0.6) is 0 Å². The summed E-state index contributed by atoms with van der Waals surface area (Å²) in [6.07, 6.45) is 1.32. The van der Waals surface area contributed by atoms with Crippen molar-refractivity contribution in [3.8, 4) is 0 Å². The van der Waals surface area contributed by atoms with Crippen LogP contribution in [0.3, 0.4) is 0 Å². The van der Waals surface area contributed by atoms with Gasteiger partial charge in [0, 0.05) is 4.48 Å². The van der Waals surface area contributed by atoms with Gasteiger partial charge in [-0.1, -0.05) is 45.7 Å². The molecule has 0 fully saturated rings. The Labute approximate surface area is 93.1 Å². The van der Waals surface area contributed by atoms with Gasteiger partial charge in [-0.2, -0.15) is 0 Å². The maximum absolute atomic E-state index is 11.4. The molecule has 0 radical (unpaired) electrons. The molecule has 0 spiro atoms. The summed E-state index contributed by atoms with van der Waals surface area (Å²) in [5, 5.41) is -0.0546. The van der Waals surface area contributed by atoms with Gasteiger partial charge in [-0.25, -0.2) is 4.98 Å². The Morgan fingerprint density at radius 3 is 2.85 bits per heavy atom. The lowest BCUT2D eigenvalue weighted by Crippen LogP contribution is -2.21. The fourth-order valence-corrected chi connectivity index (χ4v) is 1.29. The van der Waals surface area contributed by atoms with E-state index in [0.29, 0.717) is 11.0 Å². The number of allylic oxidation sites excluding steroid dienone is 1. The molecule has 70 valence electrons. The van der Waals surface area contributed by atoms with Crippen LogP contribution in [-0.4, -0.2) is 9.55 Å². The summed E-state index contributed by atoms with van der Waals surface area (Å²) in [5.41, 5.74) is -0.373. The minimum absolute atomic E-state index is 0.0168. The first-order valence-corrected chi connectivity index (χ1v) is 4.81. The molecule has 1 aromatic heterocycles. The van der Waals surface area contributed by atoms with Gasteiger partial charge in [-0.05, 0) is 0 Å². The van der Waals surface area contributed by atoms with Crippen molar-refractivity contribution in [1.29, 1.82) is 0 Å². The highest BCUT2D eigenvalue weighted by atomic mass is 79.9. The topological polar surface area (TPSA) is 34.9 Å². The van der Waals surface area contributed by atoms with Crippen molar-refractivity contribution in [3.63, 3.8) is 0 Å². The molecule has 0 N–H and O–H groups in total. The van der Waals surface area contributed by atoms with Gasteiger partial charge in [-0.3, -0.25) is 9.36 Å². The Hall–Kier alpha value is -0.320. The normalized spacial score (nSPS) is 10.1.